The molecule has 0 bridgehead atoms. The maximum absolute atomic E-state index is 11.5. The van der Waals surface area contributed by atoms with Crippen LogP contribution in [0.3, 0.4) is 0 Å². The van der Waals surface area contributed by atoms with E-state index in [1.54, 1.807) is 39.1 Å². The van der Waals surface area contributed by atoms with Gasteiger partial charge >= 0.3 is 6.09 Å². The minimum absolute atomic E-state index is 0.354. The standard InChI is InChI=1S/C12H15N3O2S/c1-12(2,3)17-11(16)15-10-14-8-9(18-10)6-4-5-7-13/h4,6,8H,5H2,1-3H3,(H,14,15,16). The van der Waals surface area contributed by atoms with Gasteiger partial charge in [-0.15, -0.1) is 0 Å². The van der Waals surface area contributed by atoms with Gasteiger partial charge in [-0.2, -0.15) is 5.26 Å². The summed E-state index contributed by atoms with van der Waals surface area (Å²) in [6.45, 7) is 5.39. The Balaban J connectivity index is 2.54. The van der Waals surface area contributed by atoms with E-state index in [1.165, 1.54) is 11.3 Å². The van der Waals surface area contributed by atoms with Crippen LogP contribution in [0.5, 0.6) is 0 Å². The molecule has 0 fully saturated rings. The summed E-state index contributed by atoms with van der Waals surface area (Å²) in [5.41, 5.74) is -0.531. The number of nitrogens with one attached hydrogen (secondary N) is 1. The first-order valence-electron chi connectivity index (χ1n) is 5.40. The van der Waals surface area contributed by atoms with Crippen LogP contribution in [0, 0.1) is 11.3 Å². The monoisotopic (exact) mass is 265 g/mol. The van der Waals surface area contributed by atoms with Crippen molar-refractivity contribution in [1.82, 2.24) is 4.98 Å². The Labute approximate surface area is 110 Å². The molecule has 6 heteroatoms. The lowest BCUT2D eigenvalue weighted by molar-refractivity contribution is 0.0636. The van der Waals surface area contributed by atoms with Crippen LogP contribution in [0.25, 0.3) is 6.08 Å². The van der Waals surface area contributed by atoms with Crippen molar-refractivity contribution in [2.45, 2.75) is 32.8 Å². The van der Waals surface area contributed by atoms with Crippen LogP contribution in [0.15, 0.2) is 12.3 Å². The van der Waals surface area contributed by atoms with Crippen molar-refractivity contribution in [3.8, 4) is 6.07 Å². The number of nitrogens with zero attached hydrogens (tertiary/aromatic N) is 2. The molecule has 0 saturated carbocycles. The van der Waals surface area contributed by atoms with Crippen molar-refractivity contribution in [2.75, 3.05) is 5.32 Å². The zero-order valence-corrected chi connectivity index (χ0v) is 11.4. The number of ether oxygens (including phenoxy) is 1. The van der Waals surface area contributed by atoms with E-state index in [9.17, 15) is 4.79 Å². The number of carbonyl (C=O) groups is 1. The van der Waals surface area contributed by atoms with E-state index in [0.29, 0.717) is 11.6 Å². The van der Waals surface area contributed by atoms with Crippen molar-refractivity contribution in [3.05, 3.63) is 17.2 Å². The topological polar surface area (TPSA) is 75.0 Å². The highest BCUT2D eigenvalue weighted by molar-refractivity contribution is 7.16. The van der Waals surface area contributed by atoms with E-state index in [4.69, 9.17) is 10.00 Å². The third-order valence-corrected chi connectivity index (χ3v) is 2.50. The normalized spacial score (nSPS) is 11.2. The smallest absolute Gasteiger partial charge is 0.413 e. The zero-order chi connectivity index (χ0) is 13.6. The Morgan fingerprint density at radius 3 is 3.00 bits per heavy atom. The largest absolute Gasteiger partial charge is 0.444 e. The summed E-state index contributed by atoms with van der Waals surface area (Å²) < 4.78 is 5.10. The first kappa shape index (κ1) is 14.2. The molecule has 5 nitrogen and oxygen atoms in total. The van der Waals surface area contributed by atoms with E-state index in [-0.39, 0.29) is 0 Å². The van der Waals surface area contributed by atoms with E-state index >= 15 is 0 Å². The van der Waals surface area contributed by atoms with Gasteiger partial charge in [0.15, 0.2) is 5.13 Å². The van der Waals surface area contributed by atoms with E-state index < -0.39 is 11.7 Å². The Hall–Kier alpha value is -1.87. The molecule has 1 N–H and O–H groups in total. The Morgan fingerprint density at radius 1 is 1.67 bits per heavy atom. The lowest BCUT2D eigenvalue weighted by Crippen LogP contribution is -2.27. The van der Waals surface area contributed by atoms with Crippen LogP contribution in [-0.4, -0.2) is 16.7 Å². The van der Waals surface area contributed by atoms with Crippen molar-refractivity contribution in [3.63, 3.8) is 0 Å². The van der Waals surface area contributed by atoms with Crippen molar-refractivity contribution >= 4 is 28.6 Å². The lowest BCUT2D eigenvalue weighted by Gasteiger charge is -2.18. The summed E-state index contributed by atoms with van der Waals surface area (Å²) in [7, 11) is 0. The first-order chi connectivity index (χ1) is 8.40. The predicted octanol–water partition coefficient (Wildman–Crippen LogP) is 3.42. The van der Waals surface area contributed by atoms with Gasteiger partial charge in [-0.1, -0.05) is 17.4 Å². The molecule has 0 aliphatic rings. The number of rotatable bonds is 3. The number of hydrogen-bond acceptors (Lipinski definition) is 5. The van der Waals surface area contributed by atoms with Gasteiger partial charge in [0.1, 0.15) is 5.60 Å². The Morgan fingerprint density at radius 2 is 2.39 bits per heavy atom. The molecule has 0 unspecified atom stereocenters. The fraction of sp³-hybridized carbons (Fsp3) is 0.417. The van der Waals surface area contributed by atoms with Crippen molar-refractivity contribution < 1.29 is 9.53 Å². The second-order valence-corrected chi connectivity index (χ2v) is 5.52. The second-order valence-electron chi connectivity index (χ2n) is 4.46. The van der Waals surface area contributed by atoms with Crippen LogP contribution in [0.4, 0.5) is 9.93 Å². The molecule has 0 radical (unpaired) electrons. The minimum atomic E-state index is -0.531. The highest BCUT2D eigenvalue weighted by atomic mass is 32.1. The molecule has 0 saturated heterocycles. The fourth-order valence-electron chi connectivity index (χ4n) is 1.04. The third-order valence-electron chi connectivity index (χ3n) is 1.62. The van der Waals surface area contributed by atoms with Crippen LogP contribution < -0.4 is 5.32 Å². The van der Waals surface area contributed by atoms with Gasteiger partial charge in [0, 0.05) is 11.1 Å². The number of nitriles is 1. The molecule has 0 atom stereocenters. The minimum Gasteiger partial charge on any atom is -0.444 e. The van der Waals surface area contributed by atoms with Gasteiger partial charge in [-0.3, -0.25) is 5.32 Å². The van der Waals surface area contributed by atoms with Crippen LogP contribution in [0.2, 0.25) is 0 Å². The number of aromatic nitrogens is 1. The number of anilines is 1. The maximum Gasteiger partial charge on any atom is 0.413 e. The molecule has 0 aromatic carbocycles. The zero-order valence-electron chi connectivity index (χ0n) is 10.6. The quantitative estimate of drug-likeness (QED) is 0.908. The summed E-state index contributed by atoms with van der Waals surface area (Å²) in [6.07, 6.45) is 4.99. The third kappa shape index (κ3) is 5.46. The average molecular weight is 265 g/mol. The van der Waals surface area contributed by atoms with Gasteiger partial charge < -0.3 is 4.74 Å². The van der Waals surface area contributed by atoms with E-state index in [0.717, 1.165) is 4.88 Å². The molecule has 96 valence electrons. The molecule has 0 aliphatic carbocycles. The van der Waals surface area contributed by atoms with Gasteiger partial charge in [-0.25, -0.2) is 9.78 Å². The molecule has 1 amide bonds. The number of hydrogen-bond donors (Lipinski definition) is 1. The van der Waals surface area contributed by atoms with E-state index in [1.807, 2.05) is 6.07 Å². The molecule has 18 heavy (non-hydrogen) atoms. The number of carbonyl (C=O) groups excluding carboxylic acids is 1. The second kappa shape index (κ2) is 6.17. The van der Waals surface area contributed by atoms with Crippen LogP contribution in [0.1, 0.15) is 32.1 Å². The van der Waals surface area contributed by atoms with Gasteiger partial charge in [0.25, 0.3) is 0 Å². The summed E-state index contributed by atoms with van der Waals surface area (Å²) in [5, 5.41) is 11.4. The highest BCUT2D eigenvalue weighted by Crippen LogP contribution is 2.20. The molecular weight excluding hydrogens is 250 g/mol. The number of allylic oxidation sites excluding steroid dienone is 1. The fourth-order valence-corrected chi connectivity index (χ4v) is 1.77. The Bertz CT molecular complexity index is 480. The summed E-state index contributed by atoms with van der Waals surface area (Å²) in [6, 6.07) is 2.01. The summed E-state index contributed by atoms with van der Waals surface area (Å²) in [4.78, 5) is 16.4. The van der Waals surface area contributed by atoms with Gasteiger partial charge in [0.2, 0.25) is 0 Å². The number of thiazole rings is 1. The highest BCUT2D eigenvalue weighted by Gasteiger charge is 2.16. The average Bonchev–Trinajstić information content (AvgIpc) is 2.63. The maximum atomic E-state index is 11.5. The lowest BCUT2D eigenvalue weighted by atomic mass is 10.2. The van der Waals surface area contributed by atoms with Crippen molar-refractivity contribution in [1.29, 1.82) is 5.26 Å². The molecule has 1 aromatic rings. The predicted molar refractivity (Wildman–Crippen MR) is 71.2 cm³/mol. The molecule has 0 spiro atoms. The SMILES string of the molecule is CC(C)(C)OC(=O)Nc1ncc(C=CCC#N)s1. The van der Waals surface area contributed by atoms with Gasteiger partial charge in [-0.05, 0) is 26.8 Å². The van der Waals surface area contributed by atoms with Crippen molar-refractivity contribution in [2.24, 2.45) is 0 Å². The molecule has 1 aromatic heterocycles. The van der Waals surface area contributed by atoms with Crippen LogP contribution >= 0.6 is 11.3 Å². The first-order valence-corrected chi connectivity index (χ1v) is 6.22. The molecule has 0 aliphatic heterocycles. The van der Waals surface area contributed by atoms with Gasteiger partial charge in [0.05, 0.1) is 12.5 Å². The van der Waals surface area contributed by atoms with Crippen LogP contribution in [-0.2, 0) is 4.74 Å². The molecule has 1 heterocycles. The Kier molecular flexibility index (Phi) is 4.86. The van der Waals surface area contributed by atoms with E-state index in [2.05, 4.69) is 10.3 Å². The number of amides is 1. The molecular formula is C12H15N3O2S. The summed E-state index contributed by atoms with van der Waals surface area (Å²) in [5.74, 6) is 0. The molecule has 1 rings (SSSR count). The summed E-state index contributed by atoms with van der Waals surface area (Å²) >= 11 is 1.32.